The molecule has 0 bridgehead atoms. The van der Waals surface area contributed by atoms with Crippen molar-refractivity contribution >= 4 is 34.6 Å². The first-order chi connectivity index (χ1) is 12.2. The number of ether oxygens (including phenoxy) is 1. The molecule has 0 atom stereocenters. The van der Waals surface area contributed by atoms with E-state index in [1.54, 1.807) is 0 Å². The van der Waals surface area contributed by atoms with Crippen molar-refractivity contribution in [1.29, 1.82) is 0 Å². The lowest BCUT2D eigenvalue weighted by atomic mass is 9.93. The van der Waals surface area contributed by atoms with E-state index in [4.69, 9.17) is 20.8 Å². The predicted octanol–water partition coefficient (Wildman–Crippen LogP) is 2.95. The minimum atomic E-state index is 0.262. The zero-order chi connectivity index (χ0) is 17.2. The first-order valence-electron chi connectivity index (χ1n) is 8.85. The molecule has 0 saturated carbocycles. The molecule has 134 valence electrons. The van der Waals surface area contributed by atoms with Gasteiger partial charge in [-0.2, -0.15) is 4.98 Å². The lowest BCUT2D eigenvalue weighted by Crippen LogP contribution is -2.42. The van der Waals surface area contributed by atoms with Gasteiger partial charge in [-0.15, -0.1) is 0 Å². The van der Waals surface area contributed by atoms with E-state index in [1.165, 1.54) is 0 Å². The lowest BCUT2D eigenvalue weighted by molar-refractivity contribution is -0.136. The fourth-order valence-corrected chi connectivity index (χ4v) is 3.71. The number of carbonyl (C=O) groups is 1. The quantitative estimate of drug-likeness (QED) is 0.839. The van der Waals surface area contributed by atoms with E-state index in [9.17, 15) is 4.79 Å². The van der Waals surface area contributed by atoms with Gasteiger partial charge < -0.3 is 19.0 Å². The van der Waals surface area contributed by atoms with Gasteiger partial charge in [0.2, 0.25) is 5.91 Å². The van der Waals surface area contributed by atoms with Crippen LogP contribution in [-0.4, -0.2) is 55.2 Å². The van der Waals surface area contributed by atoms with Crippen molar-refractivity contribution in [2.75, 3.05) is 44.3 Å². The zero-order valence-corrected chi connectivity index (χ0v) is 14.9. The third-order valence-corrected chi connectivity index (χ3v) is 5.29. The fourth-order valence-electron chi connectivity index (χ4n) is 3.54. The van der Waals surface area contributed by atoms with E-state index in [0.29, 0.717) is 36.6 Å². The molecule has 25 heavy (non-hydrogen) atoms. The van der Waals surface area contributed by atoms with Gasteiger partial charge >= 0.3 is 0 Å². The highest BCUT2D eigenvalue weighted by molar-refractivity contribution is 6.31. The van der Waals surface area contributed by atoms with Crippen molar-refractivity contribution < 1.29 is 13.9 Å². The fraction of sp³-hybridized carbons (Fsp3) is 0.556. The Kier molecular flexibility index (Phi) is 4.81. The van der Waals surface area contributed by atoms with E-state index < -0.39 is 0 Å². The third kappa shape index (κ3) is 3.75. The molecule has 2 aromatic rings. The van der Waals surface area contributed by atoms with Crippen LogP contribution in [0.3, 0.4) is 0 Å². The summed E-state index contributed by atoms with van der Waals surface area (Å²) in [6, 6.07) is 6.12. The molecule has 2 saturated heterocycles. The van der Waals surface area contributed by atoms with Crippen LogP contribution >= 0.6 is 11.6 Å². The summed E-state index contributed by atoms with van der Waals surface area (Å²) >= 11 is 6.01. The Morgan fingerprint density at radius 3 is 2.72 bits per heavy atom. The maximum atomic E-state index is 12.4. The second-order valence-electron chi connectivity index (χ2n) is 6.74. The Balaban J connectivity index is 1.33. The Morgan fingerprint density at radius 1 is 1.20 bits per heavy atom. The van der Waals surface area contributed by atoms with E-state index in [0.717, 1.165) is 50.1 Å². The van der Waals surface area contributed by atoms with Gasteiger partial charge in [-0.1, -0.05) is 11.6 Å². The molecule has 1 amide bonds. The molecular weight excluding hydrogens is 342 g/mol. The largest absolute Gasteiger partial charge is 0.423 e. The Hall–Kier alpha value is -1.79. The first kappa shape index (κ1) is 16.7. The van der Waals surface area contributed by atoms with Crippen molar-refractivity contribution in [2.24, 2.45) is 5.92 Å². The van der Waals surface area contributed by atoms with Crippen LogP contribution in [0.2, 0.25) is 5.02 Å². The van der Waals surface area contributed by atoms with Gasteiger partial charge in [-0.3, -0.25) is 4.79 Å². The third-order valence-electron chi connectivity index (χ3n) is 5.05. The number of morpholine rings is 1. The van der Waals surface area contributed by atoms with Crippen LogP contribution in [-0.2, 0) is 9.53 Å². The summed E-state index contributed by atoms with van der Waals surface area (Å²) in [6.07, 6.45) is 2.60. The maximum absolute atomic E-state index is 12.4. The maximum Gasteiger partial charge on any atom is 0.298 e. The van der Waals surface area contributed by atoms with Gasteiger partial charge in [0.15, 0.2) is 5.58 Å². The number of halogens is 1. The molecule has 7 heteroatoms. The SMILES string of the molecule is O=C(CC1CCN(c2nc3cc(Cl)ccc3o2)CC1)N1CCOCC1. The van der Waals surface area contributed by atoms with Gasteiger partial charge in [-0.05, 0) is 37.0 Å². The molecule has 1 aromatic carbocycles. The molecule has 0 aliphatic carbocycles. The molecule has 2 aliphatic rings. The highest BCUT2D eigenvalue weighted by Crippen LogP contribution is 2.29. The number of oxazole rings is 1. The molecule has 0 N–H and O–H groups in total. The predicted molar refractivity (Wildman–Crippen MR) is 96.0 cm³/mol. The number of anilines is 1. The van der Waals surface area contributed by atoms with Crippen LogP contribution < -0.4 is 4.90 Å². The molecule has 2 aliphatic heterocycles. The lowest BCUT2D eigenvalue weighted by Gasteiger charge is -2.33. The van der Waals surface area contributed by atoms with E-state index >= 15 is 0 Å². The number of benzene rings is 1. The van der Waals surface area contributed by atoms with Gasteiger partial charge in [-0.25, -0.2) is 0 Å². The molecule has 0 spiro atoms. The topological polar surface area (TPSA) is 58.8 Å². The molecular formula is C18H22ClN3O3. The normalized spacial score (nSPS) is 19.6. The summed E-state index contributed by atoms with van der Waals surface area (Å²) in [7, 11) is 0. The highest BCUT2D eigenvalue weighted by Gasteiger charge is 2.26. The van der Waals surface area contributed by atoms with Crippen LogP contribution in [0.15, 0.2) is 22.6 Å². The Morgan fingerprint density at radius 2 is 1.96 bits per heavy atom. The average Bonchev–Trinajstić information content (AvgIpc) is 3.06. The Bertz CT molecular complexity index is 749. The monoisotopic (exact) mass is 363 g/mol. The number of aromatic nitrogens is 1. The molecule has 2 fully saturated rings. The van der Waals surface area contributed by atoms with Crippen LogP contribution in [0.25, 0.3) is 11.1 Å². The smallest absolute Gasteiger partial charge is 0.298 e. The van der Waals surface area contributed by atoms with Crippen LogP contribution in [0, 0.1) is 5.92 Å². The number of fused-ring (bicyclic) bond motifs is 1. The van der Waals surface area contributed by atoms with Gasteiger partial charge in [0.05, 0.1) is 13.2 Å². The molecule has 4 rings (SSSR count). The van der Waals surface area contributed by atoms with Crippen LogP contribution in [0.5, 0.6) is 0 Å². The summed E-state index contributed by atoms with van der Waals surface area (Å²) in [5.41, 5.74) is 1.54. The van der Waals surface area contributed by atoms with Crippen molar-refractivity contribution in [3.8, 4) is 0 Å². The van der Waals surface area contributed by atoms with Crippen LogP contribution in [0.4, 0.5) is 6.01 Å². The summed E-state index contributed by atoms with van der Waals surface area (Å²) in [4.78, 5) is 21.0. The number of carbonyl (C=O) groups excluding carboxylic acids is 1. The summed E-state index contributed by atoms with van der Waals surface area (Å²) in [5.74, 6) is 0.698. The van der Waals surface area contributed by atoms with E-state index in [2.05, 4.69) is 9.88 Å². The van der Waals surface area contributed by atoms with Crippen molar-refractivity contribution in [3.05, 3.63) is 23.2 Å². The van der Waals surface area contributed by atoms with Crippen molar-refractivity contribution in [1.82, 2.24) is 9.88 Å². The van der Waals surface area contributed by atoms with Crippen molar-refractivity contribution in [2.45, 2.75) is 19.3 Å². The molecule has 0 radical (unpaired) electrons. The van der Waals surface area contributed by atoms with E-state index in [1.807, 2.05) is 23.1 Å². The molecule has 6 nitrogen and oxygen atoms in total. The number of hydrogen-bond donors (Lipinski definition) is 0. The number of amides is 1. The summed E-state index contributed by atoms with van der Waals surface area (Å²) in [5, 5.41) is 0.660. The summed E-state index contributed by atoms with van der Waals surface area (Å²) in [6.45, 7) is 4.49. The minimum Gasteiger partial charge on any atom is -0.423 e. The Labute approximate surface area is 151 Å². The second kappa shape index (κ2) is 7.22. The standard InChI is InChI=1S/C18H22ClN3O3/c19-14-1-2-16-15(12-14)20-18(25-16)22-5-3-13(4-6-22)11-17(23)21-7-9-24-10-8-21/h1-2,12-13H,3-11H2. The number of nitrogens with zero attached hydrogens (tertiary/aromatic N) is 3. The number of rotatable bonds is 3. The van der Waals surface area contributed by atoms with Gasteiger partial charge in [0, 0.05) is 37.6 Å². The highest BCUT2D eigenvalue weighted by atomic mass is 35.5. The van der Waals surface area contributed by atoms with Crippen LogP contribution in [0.1, 0.15) is 19.3 Å². The molecule has 1 aromatic heterocycles. The molecule has 3 heterocycles. The minimum absolute atomic E-state index is 0.262. The van der Waals surface area contributed by atoms with Gasteiger partial charge in [0.1, 0.15) is 5.52 Å². The van der Waals surface area contributed by atoms with Gasteiger partial charge in [0.25, 0.3) is 6.01 Å². The number of hydrogen-bond acceptors (Lipinski definition) is 5. The zero-order valence-electron chi connectivity index (χ0n) is 14.1. The average molecular weight is 364 g/mol. The second-order valence-corrected chi connectivity index (χ2v) is 7.17. The van der Waals surface area contributed by atoms with E-state index in [-0.39, 0.29) is 5.91 Å². The van der Waals surface area contributed by atoms with Crippen molar-refractivity contribution in [3.63, 3.8) is 0 Å². The first-order valence-corrected chi connectivity index (χ1v) is 9.23. The number of piperidine rings is 1. The summed E-state index contributed by atoms with van der Waals surface area (Å²) < 4.78 is 11.2. The molecule has 0 unspecified atom stereocenters.